The number of para-hydroxylation sites is 1. The highest BCUT2D eigenvalue weighted by Crippen LogP contribution is 2.18. The monoisotopic (exact) mass is 310 g/mol. The number of carbonyl (C=O) groups excluding carboxylic acids is 1. The maximum absolute atomic E-state index is 12.1. The number of benzene rings is 1. The number of amides is 1. The molecule has 96 valence electrons. The number of carbonyl (C=O) groups is 1. The van der Waals surface area contributed by atoms with Gasteiger partial charge in [0.1, 0.15) is 5.69 Å². The van der Waals surface area contributed by atoms with Gasteiger partial charge in [0, 0.05) is 23.8 Å². The Balaban J connectivity index is 2.16. The summed E-state index contributed by atoms with van der Waals surface area (Å²) in [6.07, 6.45) is 0.269. The predicted octanol–water partition coefficient (Wildman–Crippen LogP) is 2.61. The van der Waals surface area contributed by atoms with Crippen LogP contribution in [-0.4, -0.2) is 34.4 Å². The van der Waals surface area contributed by atoms with E-state index in [9.17, 15) is 4.79 Å². The van der Waals surface area contributed by atoms with Crippen molar-refractivity contribution in [2.75, 3.05) is 12.4 Å². The second kappa shape index (κ2) is 5.52. The van der Waals surface area contributed by atoms with Crippen molar-refractivity contribution in [3.8, 4) is 0 Å². The normalized spacial score (nSPS) is 12.6. The Morgan fingerprint density at radius 3 is 2.94 bits per heavy atom. The fraction of sp³-hybridized carbons (Fsp3) is 0.385. The Morgan fingerprint density at radius 2 is 2.22 bits per heavy atom. The van der Waals surface area contributed by atoms with Crippen LogP contribution in [0.1, 0.15) is 12.6 Å². The summed E-state index contributed by atoms with van der Waals surface area (Å²) in [5.74, 6) is 0.0426. The van der Waals surface area contributed by atoms with E-state index in [1.165, 1.54) is 0 Å². The number of aromatic nitrogens is 1. The maximum atomic E-state index is 12.1. The van der Waals surface area contributed by atoms with Crippen molar-refractivity contribution in [3.05, 3.63) is 30.0 Å². The standard InChI is InChI=1S/C13H15BrN2O2/c1-9(8-14)16(2)13(17)7-11-10-5-3-4-6-12(10)18-15-11/h3-6,9H,7-8H2,1-2H3. The first kappa shape index (κ1) is 13.1. The van der Waals surface area contributed by atoms with Crippen LogP contribution in [0.2, 0.25) is 0 Å². The smallest absolute Gasteiger partial charge is 0.228 e. The van der Waals surface area contributed by atoms with Gasteiger partial charge in [0.25, 0.3) is 0 Å². The van der Waals surface area contributed by atoms with Gasteiger partial charge in [0.15, 0.2) is 5.58 Å². The summed E-state index contributed by atoms with van der Waals surface area (Å²) in [6, 6.07) is 7.73. The highest BCUT2D eigenvalue weighted by molar-refractivity contribution is 9.09. The van der Waals surface area contributed by atoms with E-state index in [4.69, 9.17) is 4.52 Å². The molecule has 0 bridgehead atoms. The zero-order chi connectivity index (χ0) is 13.1. The van der Waals surface area contributed by atoms with Crippen molar-refractivity contribution < 1.29 is 9.32 Å². The summed E-state index contributed by atoms with van der Waals surface area (Å²) in [5.41, 5.74) is 1.42. The van der Waals surface area contributed by atoms with Gasteiger partial charge in [-0.15, -0.1) is 0 Å². The van der Waals surface area contributed by atoms with E-state index in [0.717, 1.165) is 16.3 Å². The van der Waals surface area contributed by atoms with Gasteiger partial charge in [0.2, 0.25) is 5.91 Å². The van der Waals surface area contributed by atoms with E-state index >= 15 is 0 Å². The maximum Gasteiger partial charge on any atom is 0.228 e. The number of nitrogens with zero attached hydrogens (tertiary/aromatic N) is 2. The Labute approximate surface area is 114 Å². The molecular weight excluding hydrogens is 296 g/mol. The van der Waals surface area contributed by atoms with E-state index in [0.29, 0.717) is 5.69 Å². The van der Waals surface area contributed by atoms with Crippen LogP contribution in [0.3, 0.4) is 0 Å². The summed E-state index contributed by atoms with van der Waals surface area (Å²) >= 11 is 3.37. The first-order valence-corrected chi connectivity index (χ1v) is 6.90. The molecule has 4 nitrogen and oxygen atoms in total. The first-order valence-electron chi connectivity index (χ1n) is 5.78. The van der Waals surface area contributed by atoms with Crippen LogP contribution >= 0.6 is 15.9 Å². The average Bonchev–Trinajstić information content (AvgIpc) is 2.80. The molecule has 0 fully saturated rings. The van der Waals surface area contributed by atoms with Gasteiger partial charge in [-0.3, -0.25) is 4.79 Å². The zero-order valence-corrected chi connectivity index (χ0v) is 12.0. The largest absolute Gasteiger partial charge is 0.356 e. The molecule has 0 aliphatic carbocycles. The molecule has 0 aliphatic heterocycles. The molecular formula is C13H15BrN2O2. The van der Waals surface area contributed by atoms with Crippen LogP contribution in [-0.2, 0) is 11.2 Å². The zero-order valence-electron chi connectivity index (χ0n) is 10.4. The van der Waals surface area contributed by atoms with Crippen molar-refractivity contribution in [1.29, 1.82) is 0 Å². The molecule has 1 aromatic heterocycles. The van der Waals surface area contributed by atoms with Crippen LogP contribution in [0.15, 0.2) is 28.8 Å². The van der Waals surface area contributed by atoms with Gasteiger partial charge in [-0.05, 0) is 19.1 Å². The topological polar surface area (TPSA) is 46.3 Å². The Bertz CT molecular complexity index is 553. The second-order valence-corrected chi connectivity index (χ2v) is 4.96. The number of hydrogen-bond acceptors (Lipinski definition) is 3. The van der Waals surface area contributed by atoms with Crippen molar-refractivity contribution in [1.82, 2.24) is 10.1 Å². The Morgan fingerprint density at radius 1 is 1.50 bits per heavy atom. The van der Waals surface area contributed by atoms with Gasteiger partial charge >= 0.3 is 0 Å². The number of halogens is 1. The van der Waals surface area contributed by atoms with Crippen molar-refractivity contribution in [2.24, 2.45) is 0 Å². The number of likely N-dealkylation sites (N-methyl/N-ethyl adjacent to an activating group) is 1. The quantitative estimate of drug-likeness (QED) is 0.816. The molecule has 18 heavy (non-hydrogen) atoms. The van der Waals surface area contributed by atoms with E-state index < -0.39 is 0 Å². The highest BCUT2D eigenvalue weighted by atomic mass is 79.9. The predicted molar refractivity (Wildman–Crippen MR) is 73.7 cm³/mol. The lowest BCUT2D eigenvalue weighted by Crippen LogP contribution is -2.37. The van der Waals surface area contributed by atoms with E-state index in [1.54, 1.807) is 11.9 Å². The van der Waals surface area contributed by atoms with Gasteiger partial charge in [-0.1, -0.05) is 33.2 Å². The second-order valence-electron chi connectivity index (χ2n) is 4.31. The highest BCUT2D eigenvalue weighted by Gasteiger charge is 2.18. The van der Waals surface area contributed by atoms with Crippen molar-refractivity contribution in [3.63, 3.8) is 0 Å². The van der Waals surface area contributed by atoms with Crippen LogP contribution in [0.4, 0.5) is 0 Å². The molecule has 5 heteroatoms. The summed E-state index contributed by atoms with van der Waals surface area (Å²) in [4.78, 5) is 13.8. The summed E-state index contributed by atoms with van der Waals surface area (Å²) < 4.78 is 5.19. The van der Waals surface area contributed by atoms with E-state index in [-0.39, 0.29) is 18.4 Å². The molecule has 1 atom stereocenters. The lowest BCUT2D eigenvalue weighted by atomic mass is 10.1. The Hall–Kier alpha value is -1.36. The van der Waals surface area contributed by atoms with Crippen LogP contribution in [0.25, 0.3) is 11.0 Å². The molecule has 0 N–H and O–H groups in total. The molecule has 0 aliphatic rings. The van der Waals surface area contributed by atoms with E-state index in [2.05, 4.69) is 21.1 Å². The first-order chi connectivity index (χ1) is 8.63. The number of alkyl halides is 1. The van der Waals surface area contributed by atoms with E-state index in [1.807, 2.05) is 31.2 Å². The summed E-state index contributed by atoms with van der Waals surface area (Å²) in [5, 5.41) is 5.64. The minimum absolute atomic E-state index is 0.0426. The Kier molecular flexibility index (Phi) is 4.01. The number of rotatable bonds is 4. The molecule has 2 aromatic rings. The van der Waals surface area contributed by atoms with Gasteiger partial charge in [0.05, 0.1) is 6.42 Å². The fourth-order valence-electron chi connectivity index (χ4n) is 1.68. The van der Waals surface area contributed by atoms with Gasteiger partial charge < -0.3 is 9.42 Å². The number of hydrogen-bond donors (Lipinski definition) is 0. The summed E-state index contributed by atoms with van der Waals surface area (Å²) in [7, 11) is 1.80. The third-order valence-corrected chi connectivity index (χ3v) is 3.99. The molecule has 0 radical (unpaired) electrons. The van der Waals surface area contributed by atoms with Crippen LogP contribution < -0.4 is 0 Å². The number of fused-ring (bicyclic) bond motifs is 1. The molecule has 1 amide bonds. The van der Waals surface area contributed by atoms with Crippen molar-refractivity contribution in [2.45, 2.75) is 19.4 Å². The van der Waals surface area contributed by atoms with Crippen molar-refractivity contribution >= 4 is 32.8 Å². The molecule has 0 saturated heterocycles. The minimum Gasteiger partial charge on any atom is -0.356 e. The third-order valence-electron chi connectivity index (χ3n) is 3.05. The van der Waals surface area contributed by atoms with Gasteiger partial charge in [-0.25, -0.2) is 0 Å². The lowest BCUT2D eigenvalue weighted by molar-refractivity contribution is -0.130. The fourth-order valence-corrected chi connectivity index (χ4v) is 2.12. The van der Waals surface area contributed by atoms with Crippen LogP contribution in [0, 0.1) is 0 Å². The molecule has 0 spiro atoms. The molecule has 1 aromatic carbocycles. The summed E-state index contributed by atoms with van der Waals surface area (Å²) in [6.45, 7) is 1.99. The average molecular weight is 311 g/mol. The van der Waals surface area contributed by atoms with Gasteiger partial charge in [-0.2, -0.15) is 0 Å². The molecule has 2 rings (SSSR count). The lowest BCUT2D eigenvalue weighted by Gasteiger charge is -2.22. The van der Waals surface area contributed by atoms with Crippen LogP contribution in [0.5, 0.6) is 0 Å². The molecule has 1 heterocycles. The third kappa shape index (κ3) is 2.56. The molecule has 0 saturated carbocycles. The minimum atomic E-state index is 0.0426. The molecule has 1 unspecified atom stereocenters. The SMILES string of the molecule is CC(CBr)N(C)C(=O)Cc1noc2ccccc12.